The molecule has 146 valence electrons. The summed E-state index contributed by atoms with van der Waals surface area (Å²) in [5, 5.41) is 29.9. The smallest absolute Gasteiger partial charge is 0.335 e. The summed E-state index contributed by atoms with van der Waals surface area (Å²) in [5.74, 6) is -0.983. The maximum Gasteiger partial charge on any atom is 0.335 e. The van der Waals surface area contributed by atoms with Crippen molar-refractivity contribution in [3.63, 3.8) is 0 Å². The van der Waals surface area contributed by atoms with E-state index in [0.717, 1.165) is 16.5 Å². The lowest BCUT2D eigenvalue weighted by Gasteiger charge is -2.02. The van der Waals surface area contributed by atoms with Crippen LogP contribution < -0.4 is 0 Å². The summed E-state index contributed by atoms with van der Waals surface area (Å²) < 4.78 is 0. The fourth-order valence-electron chi connectivity index (χ4n) is 2.98. The van der Waals surface area contributed by atoms with Crippen molar-refractivity contribution in [1.29, 1.82) is 0 Å². The highest BCUT2D eigenvalue weighted by molar-refractivity contribution is 5.92. The first kappa shape index (κ1) is 19.0. The molecule has 0 saturated heterocycles. The molecule has 0 spiro atoms. The molecule has 0 fully saturated rings. The van der Waals surface area contributed by atoms with E-state index < -0.39 is 5.97 Å². The number of nitrogens with zero attached hydrogens (tertiary/aromatic N) is 3. The van der Waals surface area contributed by atoms with E-state index in [-0.39, 0.29) is 11.3 Å². The van der Waals surface area contributed by atoms with E-state index in [2.05, 4.69) is 15.2 Å². The summed E-state index contributed by atoms with van der Waals surface area (Å²) >= 11 is 0. The van der Waals surface area contributed by atoms with Crippen LogP contribution in [0.15, 0.2) is 100 Å². The Morgan fingerprint density at radius 1 is 0.800 bits per heavy atom. The SMILES string of the molecule is O=C(O)c1cccc(N=Cc2cc(N=Nc3cccc4ccccc34)ccc2O)c1. The van der Waals surface area contributed by atoms with Gasteiger partial charge < -0.3 is 10.2 Å². The lowest BCUT2D eigenvalue weighted by Crippen LogP contribution is -1.94. The van der Waals surface area contributed by atoms with Crippen LogP contribution in [0, 0.1) is 0 Å². The Morgan fingerprint density at radius 2 is 1.60 bits per heavy atom. The first-order valence-electron chi connectivity index (χ1n) is 9.20. The molecule has 2 N–H and O–H groups in total. The number of azo groups is 1. The fraction of sp³-hybridized carbons (Fsp3) is 0. The molecule has 0 aliphatic carbocycles. The Kier molecular flexibility index (Phi) is 5.30. The molecule has 0 amide bonds. The maximum atomic E-state index is 11.1. The van der Waals surface area contributed by atoms with Crippen LogP contribution in [0.4, 0.5) is 17.1 Å². The van der Waals surface area contributed by atoms with E-state index in [1.165, 1.54) is 24.4 Å². The first-order valence-corrected chi connectivity index (χ1v) is 9.20. The molecule has 30 heavy (non-hydrogen) atoms. The molecule has 0 heterocycles. The summed E-state index contributed by atoms with van der Waals surface area (Å²) in [7, 11) is 0. The minimum Gasteiger partial charge on any atom is -0.507 e. The van der Waals surface area contributed by atoms with Crippen molar-refractivity contribution in [2.24, 2.45) is 15.2 Å². The number of carbonyl (C=O) groups is 1. The molecule has 0 saturated carbocycles. The Morgan fingerprint density at radius 3 is 2.47 bits per heavy atom. The molecule has 6 nitrogen and oxygen atoms in total. The predicted molar refractivity (Wildman–Crippen MR) is 117 cm³/mol. The van der Waals surface area contributed by atoms with Gasteiger partial charge >= 0.3 is 5.97 Å². The fourth-order valence-corrected chi connectivity index (χ4v) is 2.98. The van der Waals surface area contributed by atoms with Gasteiger partial charge in [-0.25, -0.2) is 4.79 Å². The van der Waals surface area contributed by atoms with Crippen molar-refractivity contribution < 1.29 is 15.0 Å². The Bertz CT molecular complexity index is 1290. The number of carboxylic acids is 1. The third-order valence-corrected chi connectivity index (χ3v) is 4.50. The maximum absolute atomic E-state index is 11.1. The molecule has 0 aliphatic heterocycles. The van der Waals surface area contributed by atoms with Gasteiger partial charge in [-0.05, 0) is 47.9 Å². The van der Waals surface area contributed by atoms with Gasteiger partial charge in [-0.1, -0.05) is 42.5 Å². The minimum absolute atomic E-state index is 0.0391. The van der Waals surface area contributed by atoms with Crippen LogP contribution in [0.3, 0.4) is 0 Å². The molecule has 0 aromatic heterocycles. The number of hydrogen-bond donors (Lipinski definition) is 2. The summed E-state index contributed by atoms with van der Waals surface area (Å²) in [5.41, 5.74) is 2.37. The number of benzene rings is 4. The molecule has 4 aromatic rings. The molecule has 0 atom stereocenters. The van der Waals surface area contributed by atoms with Crippen molar-refractivity contribution >= 4 is 40.0 Å². The Hall–Kier alpha value is -4.32. The van der Waals surface area contributed by atoms with Gasteiger partial charge in [0.1, 0.15) is 5.75 Å². The van der Waals surface area contributed by atoms with Crippen molar-refractivity contribution in [2.45, 2.75) is 0 Å². The van der Waals surface area contributed by atoms with E-state index in [1.54, 1.807) is 24.3 Å². The Balaban J connectivity index is 1.61. The van der Waals surface area contributed by atoms with E-state index >= 15 is 0 Å². The van der Waals surface area contributed by atoms with E-state index in [4.69, 9.17) is 5.11 Å². The molecule has 0 aliphatic rings. The third-order valence-electron chi connectivity index (χ3n) is 4.50. The highest BCUT2D eigenvalue weighted by atomic mass is 16.4. The number of hydrogen-bond acceptors (Lipinski definition) is 5. The quantitative estimate of drug-likeness (QED) is 0.302. The van der Waals surface area contributed by atoms with Gasteiger partial charge in [0, 0.05) is 17.2 Å². The van der Waals surface area contributed by atoms with Crippen LogP contribution in [-0.4, -0.2) is 22.4 Å². The molecule has 4 rings (SSSR count). The van der Waals surface area contributed by atoms with Gasteiger partial charge in [-0.3, -0.25) is 4.99 Å². The third kappa shape index (κ3) is 4.23. The second-order valence-corrected chi connectivity index (χ2v) is 6.56. The molecular formula is C24H17N3O3. The van der Waals surface area contributed by atoms with Crippen LogP contribution in [0.5, 0.6) is 5.75 Å². The van der Waals surface area contributed by atoms with Crippen molar-refractivity contribution in [1.82, 2.24) is 0 Å². The number of phenols is 1. The first-order chi connectivity index (χ1) is 14.6. The average Bonchev–Trinajstić information content (AvgIpc) is 2.77. The topological polar surface area (TPSA) is 94.6 Å². The number of aliphatic imine (C=N–C) groups is 1. The molecule has 0 unspecified atom stereocenters. The molecule has 0 radical (unpaired) electrons. The summed E-state index contributed by atoms with van der Waals surface area (Å²) in [6.07, 6.45) is 1.47. The summed E-state index contributed by atoms with van der Waals surface area (Å²) in [4.78, 5) is 15.3. The zero-order chi connectivity index (χ0) is 20.9. The van der Waals surface area contributed by atoms with Crippen molar-refractivity contribution in [3.05, 3.63) is 96.1 Å². The summed E-state index contributed by atoms with van der Waals surface area (Å²) in [6.45, 7) is 0. The molecule has 6 heteroatoms. The van der Waals surface area contributed by atoms with Gasteiger partial charge in [0.25, 0.3) is 0 Å². The highest BCUT2D eigenvalue weighted by Gasteiger charge is 2.04. The molecular weight excluding hydrogens is 378 g/mol. The lowest BCUT2D eigenvalue weighted by atomic mass is 10.1. The number of aromatic carboxylic acids is 1. The van der Waals surface area contributed by atoms with Gasteiger partial charge in [0.15, 0.2) is 0 Å². The van der Waals surface area contributed by atoms with Crippen LogP contribution in [-0.2, 0) is 0 Å². The largest absolute Gasteiger partial charge is 0.507 e. The van der Waals surface area contributed by atoms with Crippen LogP contribution in [0.25, 0.3) is 10.8 Å². The average molecular weight is 395 g/mol. The van der Waals surface area contributed by atoms with Gasteiger partial charge in [0.05, 0.1) is 22.6 Å². The van der Waals surface area contributed by atoms with Gasteiger partial charge in [-0.15, -0.1) is 5.11 Å². The van der Waals surface area contributed by atoms with Crippen LogP contribution in [0.2, 0.25) is 0 Å². The van der Waals surface area contributed by atoms with Crippen molar-refractivity contribution in [2.75, 3.05) is 0 Å². The number of fused-ring (bicyclic) bond motifs is 1. The van der Waals surface area contributed by atoms with E-state index in [0.29, 0.717) is 16.9 Å². The normalized spacial score (nSPS) is 11.5. The number of carboxylic acid groups (broad SMARTS) is 1. The standard InChI is InChI=1S/C24H17N3O3/c28-23-12-11-20(26-27-22-10-4-6-16-5-1-2-9-21(16)22)14-18(23)15-25-19-8-3-7-17(13-19)24(29)30/h1-15,28H,(H,29,30). The van der Waals surface area contributed by atoms with Crippen molar-refractivity contribution in [3.8, 4) is 5.75 Å². The predicted octanol–water partition coefficient (Wildman–Crippen LogP) is 6.41. The number of aromatic hydroxyl groups is 1. The second kappa shape index (κ2) is 8.36. The van der Waals surface area contributed by atoms with Crippen LogP contribution in [0.1, 0.15) is 15.9 Å². The van der Waals surface area contributed by atoms with E-state index in [1.807, 2.05) is 42.5 Å². The Labute approximate surface area is 172 Å². The van der Waals surface area contributed by atoms with E-state index in [9.17, 15) is 9.90 Å². The lowest BCUT2D eigenvalue weighted by molar-refractivity contribution is 0.0697. The second-order valence-electron chi connectivity index (χ2n) is 6.56. The highest BCUT2D eigenvalue weighted by Crippen LogP contribution is 2.29. The number of rotatable bonds is 5. The summed E-state index contributed by atoms with van der Waals surface area (Å²) in [6, 6.07) is 24.9. The minimum atomic E-state index is -1.02. The van der Waals surface area contributed by atoms with Gasteiger partial charge in [0.2, 0.25) is 0 Å². The zero-order valence-corrected chi connectivity index (χ0v) is 15.8. The monoisotopic (exact) mass is 395 g/mol. The molecule has 0 bridgehead atoms. The zero-order valence-electron chi connectivity index (χ0n) is 15.8. The van der Waals surface area contributed by atoms with Crippen LogP contribution >= 0.6 is 0 Å². The number of phenolic OH excluding ortho intramolecular Hbond substituents is 1. The molecule has 4 aromatic carbocycles. The van der Waals surface area contributed by atoms with Gasteiger partial charge in [-0.2, -0.15) is 5.11 Å².